The van der Waals surface area contributed by atoms with E-state index in [0.29, 0.717) is 25.9 Å². The fraction of sp³-hybridized carbons (Fsp3) is 0.929. The Balaban J connectivity index is 2.49. The lowest BCUT2D eigenvalue weighted by Crippen LogP contribution is -2.54. The SMILES string of the molecule is CCC(CCCN1CCS(=O)(=O)CC1)(NC(C)C)C(=O)O. The van der Waals surface area contributed by atoms with E-state index in [1.807, 2.05) is 20.8 Å². The molecule has 1 saturated heterocycles. The highest BCUT2D eigenvalue weighted by Gasteiger charge is 2.36. The quantitative estimate of drug-likeness (QED) is 0.685. The Morgan fingerprint density at radius 1 is 1.33 bits per heavy atom. The van der Waals surface area contributed by atoms with Gasteiger partial charge in [-0.05, 0) is 39.7 Å². The second-order valence-electron chi connectivity index (χ2n) is 6.14. The summed E-state index contributed by atoms with van der Waals surface area (Å²) < 4.78 is 22.7. The highest BCUT2D eigenvalue weighted by Crippen LogP contribution is 2.20. The molecule has 0 amide bonds. The molecule has 0 aromatic heterocycles. The molecule has 0 aromatic carbocycles. The minimum absolute atomic E-state index is 0.112. The topological polar surface area (TPSA) is 86.7 Å². The summed E-state index contributed by atoms with van der Waals surface area (Å²) in [6, 6.07) is 0.112. The van der Waals surface area contributed by atoms with Crippen LogP contribution in [0.3, 0.4) is 0 Å². The lowest BCUT2D eigenvalue weighted by Gasteiger charge is -2.33. The average Bonchev–Trinajstić information content (AvgIpc) is 2.38. The van der Waals surface area contributed by atoms with Gasteiger partial charge in [0, 0.05) is 19.1 Å². The van der Waals surface area contributed by atoms with Gasteiger partial charge in [0.25, 0.3) is 0 Å². The molecule has 0 aliphatic carbocycles. The zero-order valence-corrected chi connectivity index (χ0v) is 14.1. The van der Waals surface area contributed by atoms with Crippen LogP contribution in [0.5, 0.6) is 0 Å². The number of hydrogen-bond donors (Lipinski definition) is 2. The van der Waals surface area contributed by atoms with Crippen molar-refractivity contribution in [2.45, 2.75) is 51.6 Å². The van der Waals surface area contributed by atoms with Crippen molar-refractivity contribution in [3.8, 4) is 0 Å². The van der Waals surface area contributed by atoms with Crippen molar-refractivity contribution in [2.24, 2.45) is 0 Å². The van der Waals surface area contributed by atoms with Crippen LogP contribution in [0.2, 0.25) is 0 Å². The Labute approximate surface area is 127 Å². The first kappa shape index (κ1) is 18.4. The van der Waals surface area contributed by atoms with Crippen molar-refractivity contribution in [3.63, 3.8) is 0 Å². The van der Waals surface area contributed by atoms with Crippen LogP contribution in [-0.2, 0) is 14.6 Å². The number of carboxylic acid groups (broad SMARTS) is 1. The van der Waals surface area contributed by atoms with E-state index in [1.54, 1.807) is 0 Å². The molecule has 0 radical (unpaired) electrons. The smallest absolute Gasteiger partial charge is 0.323 e. The van der Waals surface area contributed by atoms with Crippen LogP contribution in [0, 0.1) is 0 Å². The monoisotopic (exact) mass is 320 g/mol. The molecule has 1 atom stereocenters. The number of rotatable bonds is 8. The maximum absolute atomic E-state index is 11.6. The number of hydrogen-bond acceptors (Lipinski definition) is 5. The summed E-state index contributed by atoms with van der Waals surface area (Å²) in [4.78, 5) is 13.7. The van der Waals surface area contributed by atoms with Crippen molar-refractivity contribution in [1.82, 2.24) is 10.2 Å². The van der Waals surface area contributed by atoms with Crippen molar-refractivity contribution in [3.05, 3.63) is 0 Å². The third-order valence-electron chi connectivity index (χ3n) is 4.09. The fourth-order valence-electron chi connectivity index (χ4n) is 2.80. The van der Waals surface area contributed by atoms with Crippen LogP contribution in [0.25, 0.3) is 0 Å². The summed E-state index contributed by atoms with van der Waals surface area (Å²) >= 11 is 0. The molecule has 1 fully saturated rings. The van der Waals surface area contributed by atoms with Crippen molar-refractivity contribution < 1.29 is 18.3 Å². The van der Waals surface area contributed by atoms with Crippen LogP contribution < -0.4 is 5.32 Å². The zero-order chi connectivity index (χ0) is 16.1. The Hall–Kier alpha value is -0.660. The lowest BCUT2D eigenvalue weighted by molar-refractivity contribution is -0.145. The predicted octanol–water partition coefficient (Wildman–Crippen LogP) is 0.728. The molecule has 1 heterocycles. The normalized spacial score (nSPS) is 22.1. The Morgan fingerprint density at radius 3 is 2.33 bits per heavy atom. The molecular formula is C14H28N2O4S. The van der Waals surface area contributed by atoms with E-state index >= 15 is 0 Å². The standard InChI is InChI=1S/C14H28N2O4S/c1-4-14(13(17)18,15-12(2)3)6-5-7-16-8-10-21(19,20)11-9-16/h12,15H,4-11H2,1-3H3,(H,17,18). The summed E-state index contributed by atoms with van der Waals surface area (Å²) in [7, 11) is -2.85. The summed E-state index contributed by atoms with van der Waals surface area (Å²) in [6.45, 7) is 7.66. The fourth-order valence-corrected chi connectivity index (χ4v) is 4.08. The van der Waals surface area contributed by atoms with Crippen molar-refractivity contribution >= 4 is 15.8 Å². The van der Waals surface area contributed by atoms with Crippen LogP contribution >= 0.6 is 0 Å². The number of carboxylic acids is 1. The third kappa shape index (κ3) is 5.56. The van der Waals surface area contributed by atoms with Crippen LogP contribution in [-0.4, -0.2) is 67.1 Å². The van der Waals surface area contributed by atoms with Gasteiger partial charge in [-0.25, -0.2) is 8.42 Å². The van der Waals surface area contributed by atoms with Gasteiger partial charge in [0.1, 0.15) is 5.54 Å². The zero-order valence-electron chi connectivity index (χ0n) is 13.3. The van der Waals surface area contributed by atoms with Gasteiger partial charge in [0.05, 0.1) is 11.5 Å². The minimum atomic E-state index is -2.85. The molecule has 1 rings (SSSR count). The molecule has 0 aromatic rings. The van der Waals surface area contributed by atoms with Gasteiger partial charge in [-0.2, -0.15) is 0 Å². The molecule has 1 unspecified atom stereocenters. The van der Waals surface area contributed by atoms with Gasteiger partial charge < -0.3 is 10.0 Å². The van der Waals surface area contributed by atoms with Gasteiger partial charge in [-0.1, -0.05) is 6.92 Å². The van der Waals surface area contributed by atoms with Crippen molar-refractivity contribution in [2.75, 3.05) is 31.1 Å². The molecule has 7 heteroatoms. The minimum Gasteiger partial charge on any atom is -0.480 e. The van der Waals surface area contributed by atoms with Crippen molar-refractivity contribution in [1.29, 1.82) is 0 Å². The van der Waals surface area contributed by atoms with Crippen LogP contribution in [0.15, 0.2) is 0 Å². The molecule has 6 nitrogen and oxygen atoms in total. The summed E-state index contributed by atoms with van der Waals surface area (Å²) in [5, 5.41) is 12.7. The molecule has 124 valence electrons. The second-order valence-corrected chi connectivity index (χ2v) is 8.44. The van der Waals surface area contributed by atoms with Gasteiger partial charge in [0.15, 0.2) is 9.84 Å². The summed E-state index contributed by atoms with van der Waals surface area (Å²) in [5.41, 5.74) is -0.879. The van der Waals surface area contributed by atoms with Gasteiger partial charge in [0.2, 0.25) is 0 Å². The Bertz CT molecular complexity index is 436. The molecule has 1 aliphatic heterocycles. The molecule has 1 aliphatic rings. The number of sulfone groups is 1. The second kappa shape index (κ2) is 7.56. The van der Waals surface area contributed by atoms with E-state index < -0.39 is 21.3 Å². The lowest BCUT2D eigenvalue weighted by atomic mass is 9.89. The van der Waals surface area contributed by atoms with E-state index in [-0.39, 0.29) is 17.5 Å². The molecule has 0 spiro atoms. The number of carbonyl (C=O) groups is 1. The molecule has 21 heavy (non-hydrogen) atoms. The Morgan fingerprint density at radius 2 is 1.90 bits per heavy atom. The third-order valence-corrected chi connectivity index (χ3v) is 5.70. The van der Waals surface area contributed by atoms with Crippen LogP contribution in [0.4, 0.5) is 0 Å². The molecule has 2 N–H and O–H groups in total. The summed E-state index contributed by atoms with van der Waals surface area (Å²) in [6.07, 6.45) is 1.84. The largest absolute Gasteiger partial charge is 0.480 e. The molecule has 0 bridgehead atoms. The van der Waals surface area contributed by atoms with Gasteiger partial charge in [-0.15, -0.1) is 0 Å². The van der Waals surface area contributed by atoms with E-state index in [9.17, 15) is 18.3 Å². The first-order valence-corrected chi connectivity index (χ1v) is 9.47. The average molecular weight is 320 g/mol. The number of nitrogens with zero attached hydrogens (tertiary/aromatic N) is 1. The molecule has 0 saturated carbocycles. The number of aliphatic carboxylic acids is 1. The van der Waals surface area contributed by atoms with E-state index in [4.69, 9.17) is 0 Å². The predicted molar refractivity (Wildman–Crippen MR) is 83.3 cm³/mol. The highest BCUT2D eigenvalue weighted by molar-refractivity contribution is 7.91. The summed E-state index contributed by atoms with van der Waals surface area (Å²) in [5.74, 6) is -0.371. The van der Waals surface area contributed by atoms with E-state index in [0.717, 1.165) is 13.0 Å². The Kier molecular flexibility index (Phi) is 6.62. The maximum Gasteiger partial charge on any atom is 0.323 e. The first-order valence-electron chi connectivity index (χ1n) is 7.64. The van der Waals surface area contributed by atoms with Crippen LogP contribution in [0.1, 0.15) is 40.0 Å². The molecular weight excluding hydrogens is 292 g/mol. The number of nitrogens with one attached hydrogen (secondary N) is 1. The van der Waals surface area contributed by atoms with Gasteiger partial charge >= 0.3 is 5.97 Å². The maximum atomic E-state index is 11.6. The van der Waals surface area contributed by atoms with E-state index in [2.05, 4.69) is 10.2 Å². The first-order chi connectivity index (χ1) is 9.71. The highest BCUT2D eigenvalue weighted by atomic mass is 32.2. The van der Waals surface area contributed by atoms with E-state index in [1.165, 1.54) is 0 Å². The van der Waals surface area contributed by atoms with Gasteiger partial charge in [-0.3, -0.25) is 10.1 Å².